The molecule has 1 unspecified atom stereocenters. The second kappa shape index (κ2) is 9.33. The Morgan fingerprint density at radius 3 is 2.57 bits per heavy atom. The first-order valence-electron chi connectivity index (χ1n) is 8.31. The number of nitrogens with zero attached hydrogens (tertiary/aromatic N) is 1. The monoisotopic (exact) mass is 313 g/mol. The first-order valence-corrected chi connectivity index (χ1v) is 8.31. The van der Waals surface area contributed by atoms with Gasteiger partial charge in [-0.15, -0.1) is 0 Å². The van der Waals surface area contributed by atoms with Crippen LogP contribution in [0, 0.1) is 6.92 Å². The van der Waals surface area contributed by atoms with Gasteiger partial charge < -0.3 is 9.84 Å². The Hall–Kier alpha value is -1.84. The molecule has 0 aromatic heterocycles. The summed E-state index contributed by atoms with van der Waals surface area (Å²) in [7, 11) is 0. The largest absolute Gasteiger partial charge is 0.491 e. The van der Waals surface area contributed by atoms with Gasteiger partial charge in [0.2, 0.25) is 0 Å². The van der Waals surface area contributed by atoms with E-state index in [4.69, 9.17) is 4.74 Å². The number of aliphatic hydroxyl groups excluding tert-OH is 1. The first-order chi connectivity index (χ1) is 11.2. The van der Waals surface area contributed by atoms with Gasteiger partial charge in [0.1, 0.15) is 18.5 Å². The maximum atomic E-state index is 10.3. The molecule has 0 aliphatic rings. The Morgan fingerprint density at radius 2 is 1.87 bits per heavy atom. The third-order valence-corrected chi connectivity index (χ3v) is 3.69. The van der Waals surface area contributed by atoms with E-state index in [0.29, 0.717) is 13.2 Å². The number of aryl methyl sites for hydroxylation is 1. The first kappa shape index (κ1) is 17.5. The van der Waals surface area contributed by atoms with Crippen molar-refractivity contribution in [2.45, 2.75) is 32.9 Å². The van der Waals surface area contributed by atoms with Gasteiger partial charge in [-0.2, -0.15) is 0 Å². The summed E-state index contributed by atoms with van der Waals surface area (Å²) in [6.45, 7) is 6.96. The number of hydrogen-bond acceptors (Lipinski definition) is 3. The molecule has 23 heavy (non-hydrogen) atoms. The SMILES string of the molecule is CCCN(Cc1ccccc1)CC(O)COc1cccc(C)c1. The van der Waals surface area contributed by atoms with Gasteiger partial charge in [0.25, 0.3) is 0 Å². The highest BCUT2D eigenvalue weighted by atomic mass is 16.5. The minimum Gasteiger partial charge on any atom is -0.491 e. The molecule has 0 bridgehead atoms. The number of aliphatic hydroxyl groups is 1. The molecule has 0 saturated heterocycles. The lowest BCUT2D eigenvalue weighted by Crippen LogP contribution is -2.35. The van der Waals surface area contributed by atoms with E-state index in [1.54, 1.807) is 0 Å². The maximum absolute atomic E-state index is 10.3. The Balaban J connectivity index is 1.83. The smallest absolute Gasteiger partial charge is 0.119 e. The van der Waals surface area contributed by atoms with Gasteiger partial charge in [-0.3, -0.25) is 4.90 Å². The zero-order chi connectivity index (χ0) is 16.5. The van der Waals surface area contributed by atoms with Crippen LogP contribution in [-0.4, -0.2) is 35.8 Å². The van der Waals surface area contributed by atoms with Crippen molar-refractivity contribution in [1.29, 1.82) is 0 Å². The van der Waals surface area contributed by atoms with Crippen molar-refractivity contribution < 1.29 is 9.84 Å². The van der Waals surface area contributed by atoms with Crippen LogP contribution in [0.25, 0.3) is 0 Å². The van der Waals surface area contributed by atoms with Crippen molar-refractivity contribution in [2.24, 2.45) is 0 Å². The summed E-state index contributed by atoms with van der Waals surface area (Å²) in [5.74, 6) is 0.814. The van der Waals surface area contributed by atoms with E-state index in [-0.39, 0.29) is 0 Å². The van der Waals surface area contributed by atoms with Crippen molar-refractivity contribution in [3.05, 3.63) is 65.7 Å². The molecule has 0 spiro atoms. The van der Waals surface area contributed by atoms with E-state index >= 15 is 0 Å². The lowest BCUT2D eigenvalue weighted by molar-refractivity contribution is 0.0656. The highest BCUT2D eigenvalue weighted by molar-refractivity contribution is 5.27. The Morgan fingerprint density at radius 1 is 1.09 bits per heavy atom. The van der Waals surface area contributed by atoms with Crippen LogP contribution in [-0.2, 0) is 6.54 Å². The molecule has 0 heterocycles. The maximum Gasteiger partial charge on any atom is 0.119 e. The van der Waals surface area contributed by atoms with E-state index in [0.717, 1.165) is 30.8 Å². The summed E-state index contributed by atoms with van der Waals surface area (Å²) >= 11 is 0. The molecule has 3 nitrogen and oxygen atoms in total. The highest BCUT2D eigenvalue weighted by Gasteiger charge is 2.12. The fourth-order valence-electron chi connectivity index (χ4n) is 2.64. The summed E-state index contributed by atoms with van der Waals surface area (Å²) in [6, 6.07) is 18.3. The van der Waals surface area contributed by atoms with Crippen LogP contribution >= 0.6 is 0 Å². The van der Waals surface area contributed by atoms with Gasteiger partial charge in [-0.1, -0.05) is 49.4 Å². The topological polar surface area (TPSA) is 32.7 Å². The van der Waals surface area contributed by atoms with Crippen LogP contribution in [0.15, 0.2) is 54.6 Å². The average Bonchev–Trinajstić information content (AvgIpc) is 2.54. The minimum absolute atomic E-state index is 0.318. The molecule has 0 aliphatic heterocycles. The van der Waals surface area contributed by atoms with E-state index in [1.165, 1.54) is 5.56 Å². The normalized spacial score (nSPS) is 12.3. The number of hydrogen-bond donors (Lipinski definition) is 1. The van der Waals surface area contributed by atoms with Gasteiger partial charge in [0.05, 0.1) is 0 Å². The molecule has 2 aromatic carbocycles. The van der Waals surface area contributed by atoms with Crippen molar-refractivity contribution in [3.8, 4) is 5.75 Å². The molecule has 124 valence electrons. The molecule has 3 heteroatoms. The van der Waals surface area contributed by atoms with Gasteiger partial charge in [-0.25, -0.2) is 0 Å². The Bertz CT molecular complexity index is 571. The zero-order valence-electron chi connectivity index (χ0n) is 14.1. The lowest BCUT2D eigenvalue weighted by Gasteiger charge is -2.24. The van der Waals surface area contributed by atoms with Gasteiger partial charge in [0, 0.05) is 13.1 Å². The Kier molecular flexibility index (Phi) is 7.11. The second-order valence-corrected chi connectivity index (χ2v) is 6.00. The van der Waals surface area contributed by atoms with E-state index in [2.05, 4.69) is 36.1 Å². The fourth-order valence-corrected chi connectivity index (χ4v) is 2.64. The van der Waals surface area contributed by atoms with Crippen molar-refractivity contribution in [2.75, 3.05) is 19.7 Å². The average molecular weight is 313 g/mol. The molecule has 1 atom stereocenters. The van der Waals surface area contributed by atoms with Gasteiger partial charge >= 0.3 is 0 Å². The van der Waals surface area contributed by atoms with Crippen LogP contribution < -0.4 is 4.74 Å². The van der Waals surface area contributed by atoms with Crippen LogP contribution in [0.1, 0.15) is 24.5 Å². The Labute approximate surface area is 139 Å². The summed E-state index contributed by atoms with van der Waals surface area (Å²) in [6.07, 6.45) is 0.573. The van der Waals surface area contributed by atoms with E-state index in [1.807, 2.05) is 37.3 Å². The predicted molar refractivity (Wildman–Crippen MR) is 94.7 cm³/mol. The summed E-state index contributed by atoms with van der Waals surface area (Å²) in [5.41, 5.74) is 2.43. The summed E-state index contributed by atoms with van der Waals surface area (Å²) < 4.78 is 5.70. The molecule has 0 fully saturated rings. The second-order valence-electron chi connectivity index (χ2n) is 6.00. The standard InChI is InChI=1S/C20H27NO2/c1-3-12-21(14-18-9-5-4-6-10-18)15-19(22)16-23-20-11-7-8-17(2)13-20/h4-11,13,19,22H,3,12,14-16H2,1-2H3. The fraction of sp³-hybridized carbons (Fsp3) is 0.400. The van der Waals surface area contributed by atoms with Crippen LogP contribution in [0.4, 0.5) is 0 Å². The molecular weight excluding hydrogens is 286 g/mol. The molecule has 0 radical (unpaired) electrons. The summed E-state index contributed by atoms with van der Waals surface area (Å²) in [4.78, 5) is 2.28. The molecule has 0 amide bonds. The molecule has 1 N–H and O–H groups in total. The molecule has 0 aliphatic carbocycles. The van der Waals surface area contributed by atoms with Gasteiger partial charge in [-0.05, 0) is 43.1 Å². The predicted octanol–water partition coefficient (Wildman–Crippen LogP) is 3.65. The van der Waals surface area contributed by atoms with Gasteiger partial charge in [0.15, 0.2) is 0 Å². The quantitative estimate of drug-likeness (QED) is 0.767. The van der Waals surface area contributed by atoms with Crippen LogP contribution in [0.2, 0.25) is 0 Å². The number of ether oxygens (including phenoxy) is 1. The van der Waals surface area contributed by atoms with Crippen molar-refractivity contribution in [3.63, 3.8) is 0 Å². The third-order valence-electron chi connectivity index (χ3n) is 3.69. The number of rotatable bonds is 9. The van der Waals surface area contributed by atoms with Crippen molar-refractivity contribution in [1.82, 2.24) is 4.90 Å². The number of benzene rings is 2. The summed E-state index contributed by atoms with van der Waals surface area (Å²) in [5, 5.41) is 10.3. The van der Waals surface area contributed by atoms with Crippen LogP contribution in [0.3, 0.4) is 0 Å². The van der Waals surface area contributed by atoms with E-state index in [9.17, 15) is 5.11 Å². The molecule has 2 aromatic rings. The highest BCUT2D eigenvalue weighted by Crippen LogP contribution is 2.13. The van der Waals surface area contributed by atoms with Crippen molar-refractivity contribution >= 4 is 0 Å². The minimum atomic E-state index is -0.495. The lowest BCUT2D eigenvalue weighted by atomic mass is 10.2. The van der Waals surface area contributed by atoms with E-state index < -0.39 is 6.10 Å². The molecule has 0 saturated carbocycles. The zero-order valence-corrected chi connectivity index (χ0v) is 14.1. The van der Waals surface area contributed by atoms with Crippen LogP contribution in [0.5, 0.6) is 5.75 Å². The molecular formula is C20H27NO2. The third kappa shape index (κ3) is 6.43. The molecule has 2 rings (SSSR count).